The monoisotopic (exact) mass is 392 g/mol. The third-order valence-corrected chi connectivity index (χ3v) is 1.25. The molecule has 68 valence electrons. The molecule has 0 saturated carbocycles. The number of hydrogen-bond acceptors (Lipinski definition) is 0. The van der Waals surface area contributed by atoms with E-state index in [1.54, 1.807) is 0 Å². The third kappa shape index (κ3) is 8.33. The van der Waals surface area contributed by atoms with Gasteiger partial charge < -0.3 is 5.48 Å². The molecular weight excluding hydrogens is 374 g/mol. The van der Waals surface area contributed by atoms with E-state index in [-0.39, 0.29) is 36.6 Å². The van der Waals surface area contributed by atoms with Crippen LogP contribution in [0, 0.1) is 31.1 Å². The summed E-state index contributed by atoms with van der Waals surface area (Å²) in [5.41, 5.74) is 1.41. The molecule has 0 atom stereocenters. The van der Waals surface area contributed by atoms with E-state index in [1.807, 2.05) is 19.9 Å². The van der Waals surface area contributed by atoms with Crippen LogP contribution in [0.3, 0.4) is 0 Å². The van der Waals surface area contributed by atoms with Gasteiger partial charge in [-0.2, -0.15) is 0 Å². The van der Waals surface area contributed by atoms with E-state index in [2.05, 4.69) is 31.2 Å². The summed E-state index contributed by atoms with van der Waals surface area (Å²) in [5, 5.41) is 0. The molecule has 1 rings (SSSR count). The van der Waals surface area contributed by atoms with E-state index in [9.17, 15) is 0 Å². The summed E-state index contributed by atoms with van der Waals surface area (Å²) >= 11 is 0. The molecule has 0 fully saturated rings. The molecule has 0 aliphatic carbocycles. The average Bonchev–Trinajstić information content (AvgIpc) is 2.10. The number of benzene rings is 1. The van der Waals surface area contributed by atoms with E-state index in [0.717, 1.165) is 6.42 Å². The zero-order valence-electron chi connectivity index (χ0n) is 8.09. The molecule has 0 radical (unpaired) electrons. The van der Waals surface area contributed by atoms with E-state index < -0.39 is 0 Å². The second kappa shape index (κ2) is 13.8. The standard InChI is InChI=1S/C8H10.C2H6.H2O.U/c1-2-8-6-4-3-5-7-8;1-2;;/h3-7H,2H2,1H3;1-2H3;1H2;. The first-order chi connectivity index (χ1) is 4.93. The molecule has 0 bridgehead atoms. The molecule has 0 saturated heterocycles. The minimum atomic E-state index is 0. The Morgan fingerprint density at radius 2 is 1.42 bits per heavy atom. The van der Waals surface area contributed by atoms with Crippen molar-refractivity contribution in [2.75, 3.05) is 0 Å². The number of hydrogen-bond donors (Lipinski definition) is 0. The zero-order chi connectivity index (χ0) is 7.82. The fraction of sp³-hybridized carbons (Fsp3) is 0.400. The largest absolute Gasteiger partial charge is 0.412 e. The first-order valence-corrected chi connectivity index (χ1v) is 3.97. The zero-order valence-corrected chi connectivity index (χ0v) is 12.3. The molecular formula is C10H18OU. The minimum Gasteiger partial charge on any atom is -0.412 e. The Hall–Kier alpha value is 0.232. The number of aryl methyl sites for hydroxylation is 1. The summed E-state index contributed by atoms with van der Waals surface area (Å²) in [7, 11) is 0. The van der Waals surface area contributed by atoms with E-state index >= 15 is 0 Å². The molecule has 0 aromatic heterocycles. The molecule has 12 heavy (non-hydrogen) atoms. The Labute approximate surface area is 99.3 Å². The minimum absolute atomic E-state index is 0. The van der Waals surface area contributed by atoms with Gasteiger partial charge in [-0.05, 0) is 12.0 Å². The Morgan fingerprint density at radius 3 is 1.67 bits per heavy atom. The van der Waals surface area contributed by atoms with E-state index in [0.29, 0.717) is 0 Å². The fourth-order valence-corrected chi connectivity index (χ4v) is 0.714. The van der Waals surface area contributed by atoms with Crippen LogP contribution in [-0.4, -0.2) is 5.48 Å². The van der Waals surface area contributed by atoms with Gasteiger partial charge in [0.2, 0.25) is 0 Å². The van der Waals surface area contributed by atoms with Crippen molar-refractivity contribution < 1.29 is 36.6 Å². The van der Waals surface area contributed by atoms with Gasteiger partial charge in [0, 0.05) is 31.1 Å². The van der Waals surface area contributed by atoms with Crippen LogP contribution in [0.4, 0.5) is 0 Å². The summed E-state index contributed by atoms with van der Waals surface area (Å²) in [6.45, 7) is 6.16. The van der Waals surface area contributed by atoms with Crippen LogP contribution < -0.4 is 0 Å². The van der Waals surface area contributed by atoms with Gasteiger partial charge in [-0.15, -0.1) is 0 Å². The van der Waals surface area contributed by atoms with Crippen LogP contribution >= 0.6 is 0 Å². The SMILES string of the molecule is CC.CCc1ccccc1.O.[U]. The van der Waals surface area contributed by atoms with Gasteiger partial charge in [-0.3, -0.25) is 0 Å². The van der Waals surface area contributed by atoms with Crippen molar-refractivity contribution in [2.24, 2.45) is 0 Å². The first-order valence-electron chi connectivity index (χ1n) is 3.97. The van der Waals surface area contributed by atoms with Gasteiger partial charge in [-0.1, -0.05) is 51.1 Å². The smallest absolute Gasteiger partial charge is 0 e. The molecule has 0 aliphatic rings. The number of rotatable bonds is 1. The Bertz CT molecular complexity index is 151. The second-order valence-corrected chi connectivity index (χ2v) is 1.84. The molecule has 2 N–H and O–H groups in total. The maximum atomic E-state index is 2.16. The van der Waals surface area contributed by atoms with Crippen LogP contribution in [0.25, 0.3) is 0 Å². The third-order valence-electron chi connectivity index (χ3n) is 1.25. The fourth-order valence-electron chi connectivity index (χ4n) is 0.714. The van der Waals surface area contributed by atoms with Gasteiger partial charge in [0.15, 0.2) is 0 Å². The molecule has 0 aliphatic heterocycles. The van der Waals surface area contributed by atoms with Gasteiger partial charge >= 0.3 is 0 Å². The molecule has 2 heteroatoms. The Morgan fingerprint density at radius 1 is 1.00 bits per heavy atom. The van der Waals surface area contributed by atoms with Gasteiger partial charge in [0.05, 0.1) is 0 Å². The summed E-state index contributed by atoms with van der Waals surface area (Å²) in [5.74, 6) is 0. The van der Waals surface area contributed by atoms with Crippen molar-refractivity contribution in [3.8, 4) is 0 Å². The average molecular weight is 392 g/mol. The van der Waals surface area contributed by atoms with E-state index in [1.165, 1.54) is 5.56 Å². The predicted octanol–water partition coefficient (Wildman–Crippen LogP) is 2.45. The van der Waals surface area contributed by atoms with Crippen LogP contribution in [-0.2, 0) is 6.42 Å². The molecule has 1 nitrogen and oxygen atoms in total. The van der Waals surface area contributed by atoms with Crippen molar-refractivity contribution in [2.45, 2.75) is 27.2 Å². The molecule has 1 aromatic carbocycles. The van der Waals surface area contributed by atoms with Crippen molar-refractivity contribution >= 4 is 0 Å². The van der Waals surface area contributed by atoms with Gasteiger partial charge in [0.1, 0.15) is 0 Å². The van der Waals surface area contributed by atoms with Crippen molar-refractivity contribution in [3.63, 3.8) is 0 Å². The summed E-state index contributed by atoms with van der Waals surface area (Å²) in [6, 6.07) is 10.5. The maximum Gasteiger partial charge on any atom is 0 e. The molecule has 0 spiro atoms. The summed E-state index contributed by atoms with van der Waals surface area (Å²) in [6.07, 6.45) is 1.14. The quantitative estimate of drug-likeness (QED) is 0.704. The van der Waals surface area contributed by atoms with Crippen LogP contribution in [0.5, 0.6) is 0 Å². The van der Waals surface area contributed by atoms with Crippen LogP contribution in [0.2, 0.25) is 0 Å². The van der Waals surface area contributed by atoms with Gasteiger partial charge in [-0.25, -0.2) is 0 Å². The first kappa shape index (κ1) is 18.1. The molecule has 0 heterocycles. The topological polar surface area (TPSA) is 31.5 Å². The van der Waals surface area contributed by atoms with Crippen LogP contribution in [0.15, 0.2) is 30.3 Å². The molecule has 1 aromatic rings. The second-order valence-electron chi connectivity index (χ2n) is 1.84. The van der Waals surface area contributed by atoms with Crippen LogP contribution in [0.1, 0.15) is 26.3 Å². The summed E-state index contributed by atoms with van der Waals surface area (Å²) in [4.78, 5) is 0. The Kier molecular flexibility index (Phi) is 20.8. The molecule has 0 amide bonds. The van der Waals surface area contributed by atoms with Crippen molar-refractivity contribution in [1.29, 1.82) is 0 Å². The summed E-state index contributed by atoms with van der Waals surface area (Å²) < 4.78 is 0. The molecule has 0 unspecified atom stereocenters. The Balaban J connectivity index is -0.000000189. The maximum absolute atomic E-state index is 2.16. The predicted molar refractivity (Wildman–Crippen MR) is 50.8 cm³/mol. The normalized spacial score (nSPS) is 6.58. The van der Waals surface area contributed by atoms with Crippen molar-refractivity contribution in [3.05, 3.63) is 35.9 Å². The van der Waals surface area contributed by atoms with Crippen molar-refractivity contribution in [1.82, 2.24) is 0 Å². The van der Waals surface area contributed by atoms with E-state index in [4.69, 9.17) is 0 Å². The van der Waals surface area contributed by atoms with Gasteiger partial charge in [0.25, 0.3) is 0 Å².